The van der Waals surface area contributed by atoms with Gasteiger partial charge in [-0.3, -0.25) is 4.79 Å². The Morgan fingerprint density at radius 3 is 2.48 bits per heavy atom. The van der Waals surface area contributed by atoms with E-state index in [9.17, 15) is 9.18 Å². The highest BCUT2D eigenvalue weighted by atomic mass is 32.2. The summed E-state index contributed by atoms with van der Waals surface area (Å²) in [7, 11) is 0. The molecule has 1 fully saturated rings. The van der Waals surface area contributed by atoms with Gasteiger partial charge < -0.3 is 9.80 Å². The first-order valence-corrected chi connectivity index (χ1v) is 12.5. The van der Waals surface area contributed by atoms with Crippen LogP contribution in [0, 0.1) is 5.82 Å². The van der Waals surface area contributed by atoms with Crippen molar-refractivity contribution < 1.29 is 9.18 Å². The molecular formula is C25H23FN4OS2. The number of hydrogen-bond donors (Lipinski definition) is 0. The van der Waals surface area contributed by atoms with Crippen molar-refractivity contribution in [2.24, 2.45) is 0 Å². The Kier molecular flexibility index (Phi) is 6.28. The van der Waals surface area contributed by atoms with Crippen LogP contribution in [-0.2, 0) is 4.79 Å². The summed E-state index contributed by atoms with van der Waals surface area (Å²) in [6.07, 6.45) is 1.54. The minimum atomic E-state index is -0.257. The van der Waals surface area contributed by atoms with E-state index in [-0.39, 0.29) is 17.0 Å². The topological polar surface area (TPSA) is 49.3 Å². The quantitative estimate of drug-likeness (QED) is 0.287. The Morgan fingerprint density at radius 2 is 1.76 bits per heavy atom. The Hall–Kier alpha value is -2.97. The van der Waals surface area contributed by atoms with E-state index in [1.165, 1.54) is 29.6 Å². The Morgan fingerprint density at radius 1 is 1.03 bits per heavy atom. The minimum absolute atomic E-state index is 0.134. The number of thiophene rings is 1. The van der Waals surface area contributed by atoms with Crippen molar-refractivity contribution in [1.29, 1.82) is 0 Å². The Labute approximate surface area is 200 Å². The lowest BCUT2D eigenvalue weighted by molar-refractivity contribution is -0.130. The third-order valence-electron chi connectivity index (χ3n) is 5.76. The van der Waals surface area contributed by atoms with Crippen LogP contribution in [-0.4, -0.2) is 52.2 Å². The molecule has 2 aromatic heterocycles. The SMILES string of the molecule is CC(Sc1ncnc2cc(-c3ccc(F)cc3)sc12)C(=O)N1CCN(c2ccccc2)CC1. The van der Waals surface area contributed by atoms with Crippen LogP contribution in [0.5, 0.6) is 0 Å². The van der Waals surface area contributed by atoms with Crippen molar-refractivity contribution in [3.05, 3.63) is 72.8 Å². The summed E-state index contributed by atoms with van der Waals surface area (Å²) in [5.41, 5.74) is 2.98. The molecule has 8 heteroatoms. The van der Waals surface area contributed by atoms with E-state index in [1.807, 2.05) is 36.1 Å². The van der Waals surface area contributed by atoms with Crippen LogP contribution in [0.3, 0.4) is 0 Å². The lowest BCUT2D eigenvalue weighted by Gasteiger charge is -2.37. The van der Waals surface area contributed by atoms with Crippen LogP contribution in [0.4, 0.5) is 10.1 Å². The molecule has 1 saturated heterocycles. The van der Waals surface area contributed by atoms with Gasteiger partial charge in [-0.1, -0.05) is 42.1 Å². The van der Waals surface area contributed by atoms with Gasteiger partial charge in [0.25, 0.3) is 0 Å². The summed E-state index contributed by atoms with van der Waals surface area (Å²) in [5.74, 6) is -0.123. The van der Waals surface area contributed by atoms with Crippen molar-refractivity contribution in [3.63, 3.8) is 0 Å². The van der Waals surface area contributed by atoms with Crippen molar-refractivity contribution in [3.8, 4) is 10.4 Å². The monoisotopic (exact) mass is 478 g/mol. The number of para-hydroxylation sites is 1. The highest BCUT2D eigenvalue weighted by molar-refractivity contribution is 8.00. The van der Waals surface area contributed by atoms with E-state index in [0.29, 0.717) is 13.1 Å². The summed E-state index contributed by atoms with van der Waals surface area (Å²) in [6.45, 7) is 5.03. The highest BCUT2D eigenvalue weighted by Gasteiger charge is 2.26. The van der Waals surface area contributed by atoms with Gasteiger partial charge in [-0.2, -0.15) is 0 Å². The van der Waals surface area contributed by atoms with Gasteiger partial charge in [0.2, 0.25) is 5.91 Å². The first-order valence-electron chi connectivity index (χ1n) is 10.8. The molecule has 1 unspecified atom stereocenters. The van der Waals surface area contributed by atoms with E-state index in [2.05, 4.69) is 27.0 Å². The first-order chi connectivity index (χ1) is 16.1. The average Bonchev–Trinajstić information content (AvgIpc) is 3.30. The fourth-order valence-electron chi connectivity index (χ4n) is 3.97. The second-order valence-electron chi connectivity index (χ2n) is 7.92. The van der Waals surface area contributed by atoms with Gasteiger partial charge in [0.1, 0.15) is 17.2 Å². The normalized spacial score (nSPS) is 15.1. The summed E-state index contributed by atoms with van der Waals surface area (Å²) in [6, 6.07) is 18.8. The number of piperazine rings is 1. The van der Waals surface area contributed by atoms with E-state index < -0.39 is 0 Å². The van der Waals surface area contributed by atoms with Gasteiger partial charge in [0.05, 0.1) is 15.5 Å². The molecule has 0 aliphatic carbocycles. The molecule has 1 aliphatic rings. The maximum Gasteiger partial charge on any atom is 0.235 e. The Bertz CT molecular complexity index is 1250. The smallest absolute Gasteiger partial charge is 0.235 e. The van der Waals surface area contributed by atoms with Crippen molar-refractivity contribution in [2.75, 3.05) is 31.1 Å². The zero-order valence-corrected chi connectivity index (χ0v) is 19.8. The molecule has 4 aromatic rings. The maximum absolute atomic E-state index is 13.3. The molecule has 5 rings (SSSR count). The number of hydrogen-bond acceptors (Lipinski definition) is 6. The summed E-state index contributed by atoms with van der Waals surface area (Å²) in [5, 5.41) is 0.560. The van der Waals surface area contributed by atoms with Crippen LogP contribution in [0.15, 0.2) is 72.0 Å². The fraction of sp³-hybridized carbons (Fsp3) is 0.240. The third-order valence-corrected chi connectivity index (χ3v) is 8.15. The molecular weight excluding hydrogens is 455 g/mol. The molecule has 0 saturated carbocycles. The average molecular weight is 479 g/mol. The number of rotatable bonds is 5. The standard InChI is InChI=1S/C25H23FN4OS2/c1-17(25(31)30-13-11-29(12-14-30)20-5-3-2-4-6-20)32-24-23-21(27-16-28-24)15-22(33-23)18-7-9-19(26)10-8-18/h2-10,15-17H,11-14H2,1H3. The number of aromatic nitrogens is 2. The van der Waals surface area contributed by atoms with Crippen molar-refractivity contribution in [1.82, 2.24) is 14.9 Å². The molecule has 2 aromatic carbocycles. The van der Waals surface area contributed by atoms with E-state index >= 15 is 0 Å². The predicted octanol–water partition coefficient (Wildman–Crippen LogP) is 5.33. The van der Waals surface area contributed by atoms with Crippen molar-refractivity contribution >= 4 is 44.9 Å². The molecule has 3 heterocycles. The second-order valence-corrected chi connectivity index (χ2v) is 10.3. The molecule has 168 valence electrons. The molecule has 33 heavy (non-hydrogen) atoms. The van der Waals surface area contributed by atoms with Gasteiger partial charge in [-0.05, 0) is 42.8 Å². The van der Waals surface area contributed by atoms with E-state index in [1.54, 1.807) is 29.8 Å². The van der Waals surface area contributed by atoms with Gasteiger partial charge in [-0.25, -0.2) is 14.4 Å². The zero-order valence-electron chi connectivity index (χ0n) is 18.1. The van der Waals surface area contributed by atoms with Crippen LogP contribution in [0.25, 0.3) is 20.7 Å². The number of benzene rings is 2. The predicted molar refractivity (Wildman–Crippen MR) is 133 cm³/mol. The minimum Gasteiger partial charge on any atom is -0.368 e. The van der Waals surface area contributed by atoms with Crippen LogP contribution in [0.1, 0.15) is 6.92 Å². The number of halogens is 1. The van der Waals surface area contributed by atoms with Crippen LogP contribution >= 0.6 is 23.1 Å². The third kappa shape index (κ3) is 4.72. The molecule has 0 N–H and O–H groups in total. The van der Waals surface area contributed by atoms with Crippen LogP contribution < -0.4 is 4.90 Å². The van der Waals surface area contributed by atoms with Gasteiger partial charge in [0.15, 0.2) is 0 Å². The highest BCUT2D eigenvalue weighted by Crippen LogP contribution is 2.38. The first kappa shape index (κ1) is 21.9. The molecule has 5 nitrogen and oxygen atoms in total. The summed E-state index contributed by atoms with van der Waals surface area (Å²) in [4.78, 5) is 27.3. The number of carbonyl (C=O) groups is 1. The molecule has 1 aliphatic heterocycles. The molecule has 0 radical (unpaired) electrons. The fourth-order valence-corrected chi connectivity index (χ4v) is 6.15. The van der Waals surface area contributed by atoms with Gasteiger partial charge in [0, 0.05) is 36.7 Å². The Balaban J connectivity index is 1.27. The summed E-state index contributed by atoms with van der Waals surface area (Å²) < 4.78 is 14.2. The largest absolute Gasteiger partial charge is 0.368 e. The number of nitrogens with zero attached hydrogens (tertiary/aromatic N) is 4. The number of anilines is 1. The molecule has 0 spiro atoms. The molecule has 0 bridgehead atoms. The van der Waals surface area contributed by atoms with Gasteiger partial charge in [-0.15, -0.1) is 11.3 Å². The lowest BCUT2D eigenvalue weighted by Crippen LogP contribution is -2.50. The zero-order chi connectivity index (χ0) is 22.8. The van der Waals surface area contributed by atoms with Crippen LogP contribution in [0.2, 0.25) is 0 Å². The number of amides is 1. The number of fused-ring (bicyclic) bond motifs is 1. The number of carbonyl (C=O) groups excluding carboxylic acids is 1. The van der Waals surface area contributed by atoms with E-state index in [4.69, 9.17) is 0 Å². The second kappa shape index (κ2) is 9.49. The van der Waals surface area contributed by atoms with Crippen molar-refractivity contribution in [2.45, 2.75) is 17.2 Å². The maximum atomic E-state index is 13.3. The number of thioether (sulfide) groups is 1. The molecule has 1 amide bonds. The summed E-state index contributed by atoms with van der Waals surface area (Å²) >= 11 is 3.05. The molecule has 1 atom stereocenters. The lowest BCUT2D eigenvalue weighted by atomic mass is 10.2. The van der Waals surface area contributed by atoms with E-state index in [0.717, 1.165) is 38.8 Å². The van der Waals surface area contributed by atoms with Gasteiger partial charge >= 0.3 is 0 Å².